The number of para-hydroxylation sites is 2. The number of H-pyrrole nitrogens is 1. The van der Waals surface area contributed by atoms with Gasteiger partial charge in [-0.1, -0.05) is 26.0 Å². The Morgan fingerprint density at radius 2 is 1.83 bits per heavy atom. The molecule has 0 bridgehead atoms. The van der Waals surface area contributed by atoms with E-state index in [0.29, 0.717) is 5.52 Å². The molecule has 4 nitrogen and oxygen atoms in total. The molecule has 2 aromatic heterocycles. The van der Waals surface area contributed by atoms with E-state index < -0.39 is 0 Å². The smallest absolute Gasteiger partial charge is 0.274 e. The van der Waals surface area contributed by atoms with Crippen LogP contribution in [0.3, 0.4) is 0 Å². The molecule has 0 aliphatic carbocycles. The first-order valence-corrected chi connectivity index (χ1v) is 6.15. The van der Waals surface area contributed by atoms with E-state index in [1.807, 2.05) is 56.4 Å². The minimum absolute atomic E-state index is 0.0863. The average Bonchev–Trinajstić information content (AvgIpc) is 2.68. The van der Waals surface area contributed by atoms with Gasteiger partial charge in [0.1, 0.15) is 11.3 Å². The molecule has 0 atom stereocenters. The summed E-state index contributed by atoms with van der Waals surface area (Å²) >= 11 is 0. The average molecular weight is 243 g/mol. The Balaban J connectivity index is 0.000000574. The summed E-state index contributed by atoms with van der Waals surface area (Å²) in [7, 11) is 0. The second-order valence-corrected chi connectivity index (χ2v) is 3.90. The van der Waals surface area contributed by atoms with Crippen LogP contribution in [-0.2, 0) is 0 Å². The number of aryl methyl sites for hydroxylation is 2. The van der Waals surface area contributed by atoms with Gasteiger partial charge in [0.05, 0.1) is 16.7 Å². The van der Waals surface area contributed by atoms with Gasteiger partial charge in [-0.05, 0) is 26.0 Å². The third-order valence-corrected chi connectivity index (χ3v) is 2.83. The molecule has 2 heterocycles. The lowest BCUT2D eigenvalue weighted by molar-refractivity contribution is 1.06. The van der Waals surface area contributed by atoms with E-state index in [9.17, 15) is 4.79 Å². The van der Waals surface area contributed by atoms with Crippen LogP contribution in [0.25, 0.3) is 16.6 Å². The van der Waals surface area contributed by atoms with E-state index in [2.05, 4.69) is 9.97 Å². The number of aromatic nitrogens is 3. The number of hydrogen-bond donors (Lipinski definition) is 1. The van der Waals surface area contributed by atoms with E-state index in [-0.39, 0.29) is 5.56 Å². The van der Waals surface area contributed by atoms with Crippen molar-refractivity contribution in [1.82, 2.24) is 14.4 Å². The predicted octanol–water partition coefficient (Wildman–Crippen LogP) is 2.82. The van der Waals surface area contributed by atoms with Crippen LogP contribution >= 0.6 is 0 Å². The highest BCUT2D eigenvalue weighted by Gasteiger charge is 2.11. The third-order valence-electron chi connectivity index (χ3n) is 2.83. The Morgan fingerprint density at radius 1 is 1.17 bits per heavy atom. The van der Waals surface area contributed by atoms with Gasteiger partial charge in [0, 0.05) is 0 Å². The minimum Gasteiger partial charge on any atom is -0.319 e. The lowest BCUT2D eigenvalue weighted by Gasteiger charge is -2.02. The summed E-state index contributed by atoms with van der Waals surface area (Å²) in [5.74, 6) is 0.842. The molecule has 1 aromatic carbocycles. The third kappa shape index (κ3) is 1.70. The van der Waals surface area contributed by atoms with Crippen LogP contribution in [-0.4, -0.2) is 14.4 Å². The van der Waals surface area contributed by atoms with Crippen LogP contribution in [0.15, 0.2) is 29.1 Å². The minimum atomic E-state index is -0.0863. The first-order valence-electron chi connectivity index (χ1n) is 6.15. The number of fused-ring (bicyclic) bond motifs is 3. The maximum atomic E-state index is 11.9. The second-order valence-electron chi connectivity index (χ2n) is 3.90. The highest BCUT2D eigenvalue weighted by molar-refractivity contribution is 5.78. The standard InChI is InChI=1S/C12H11N3O.C2H6/c1-7-11-12(16)14-9-5-3-4-6-10(9)15(11)8(2)13-7;1-2/h3-6H,1-2H3,(H,14,16);1-2H3. The van der Waals surface area contributed by atoms with Crippen LogP contribution in [0, 0.1) is 13.8 Å². The highest BCUT2D eigenvalue weighted by atomic mass is 16.1. The van der Waals surface area contributed by atoms with Crippen molar-refractivity contribution in [3.63, 3.8) is 0 Å². The molecule has 3 rings (SSSR count). The molecule has 3 aromatic rings. The van der Waals surface area contributed by atoms with Crippen molar-refractivity contribution < 1.29 is 0 Å². The van der Waals surface area contributed by atoms with Crippen LogP contribution in [0.2, 0.25) is 0 Å². The van der Waals surface area contributed by atoms with E-state index in [4.69, 9.17) is 0 Å². The van der Waals surface area contributed by atoms with E-state index in [1.165, 1.54) is 0 Å². The predicted molar refractivity (Wildman–Crippen MR) is 74.1 cm³/mol. The van der Waals surface area contributed by atoms with Crippen molar-refractivity contribution in [3.8, 4) is 0 Å². The maximum Gasteiger partial charge on any atom is 0.274 e. The highest BCUT2D eigenvalue weighted by Crippen LogP contribution is 2.15. The van der Waals surface area contributed by atoms with Crippen molar-refractivity contribution >= 4 is 16.6 Å². The number of imidazole rings is 1. The van der Waals surface area contributed by atoms with E-state index >= 15 is 0 Å². The lowest BCUT2D eigenvalue weighted by atomic mass is 10.3. The number of aromatic amines is 1. The van der Waals surface area contributed by atoms with Gasteiger partial charge in [0.2, 0.25) is 0 Å². The zero-order chi connectivity index (χ0) is 13.3. The van der Waals surface area contributed by atoms with Gasteiger partial charge in [-0.2, -0.15) is 0 Å². The number of benzene rings is 1. The first kappa shape index (κ1) is 12.4. The summed E-state index contributed by atoms with van der Waals surface area (Å²) in [6.07, 6.45) is 0. The van der Waals surface area contributed by atoms with E-state index in [1.54, 1.807) is 0 Å². The molecule has 0 unspecified atom stereocenters. The number of rotatable bonds is 0. The number of nitrogens with zero attached hydrogens (tertiary/aromatic N) is 2. The summed E-state index contributed by atoms with van der Waals surface area (Å²) in [6.45, 7) is 7.76. The summed E-state index contributed by atoms with van der Waals surface area (Å²) in [4.78, 5) is 19.1. The Kier molecular flexibility index (Phi) is 3.19. The SMILES string of the molecule is CC.Cc1nc(C)n2c1c(=O)[nH]c1ccccc12. The number of nitrogens with one attached hydrogen (secondary N) is 1. The molecule has 18 heavy (non-hydrogen) atoms. The van der Waals surface area contributed by atoms with Crippen LogP contribution in [0.1, 0.15) is 25.4 Å². The second kappa shape index (κ2) is 4.64. The van der Waals surface area contributed by atoms with Gasteiger partial charge in [0.15, 0.2) is 0 Å². The topological polar surface area (TPSA) is 50.2 Å². The fraction of sp³-hybridized carbons (Fsp3) is 0.286. The van der Waals surface area contributed by atoms with Crippen molar-refractivity contribution in [3.05, 3.63) is 46.1 Å². The quantitative estimate of drug-likeness (QED) is 0.660. The van der Waals surface area contributed by atoms with Crippen molar-refractivity contribution in [2.24, 2.45) is 0 Å². The molecule has 4 heteroatoms. The zero-order valence-electron chi connectivity index (χ0n) is 11.1. The van der Waals surface area contributed by atoms with Gasteiger partial charge in [-0.15, -0.1) is 0 Å². The Labute approximate surface area is 105 Å². The molecule has 0 aliphatic heterocycles. The molecule has 0 saturated heterocycles. The molecule has 0 spiro atoms. The molecule has 0 amide bonds. The normalized spacial score (nSPS) is 10.4. The van der Waals surface area contributed by atoms with Gasteiger partial charge in [0.25, 0.3) is 5.56 Å². The first-order chi connectivity index (χ1) is 8.68. The van der Waals surface area contributed by atoms with Crippen LogP contribution in [0.4, 0.5) is 0 Å². The molecule has 0 saturated carbocycles. The monoisotopic (exact) mass is 243 g/mol. The van der Waals surface area contributed by atoms with Gasteiger partial charge < -0.3 is 4.98 Å². The van der Waals surface area contributed by atoms with Gasteiger partial charge in [-0.3, -0.25) is 9.20 Å². The summed E-state index contributed by atoms with van der Waals surface area (Å²) in [5, 5.41) is 0. The van der Waals surface area contributed by atoms with Crippen LogP contribution in [0.5, 0.6) is 0 Å². The molecule has 94 valence electrons. The fourth-order valence-corrected chi connectivity index (χ4v) is 2.19. The van der Waals surface area contributed by atoms with Crippen molar-refractivity contribution in [2.75, 3.05) is 0 Å². The van der Waals surface area contributed by atoms with Crippen molar-refractivity contribution in [1.29, 1.82) is 0 Å². The van der Waals surface area contributed by atoms with Gasteiger partial charge in [-0.25, -0.2) is 4.98 Å². The van der Waals surface area contributed by atoms with Crippen molar-refractivity contribution in [2.45, 2.75) is 27.7 Å². The molecule has 1 N–H and O–H groups in total. The molecule has 0 aliphatic rings. The molecule has 0 fully saturated rings. The summed E-state index contributed by atoms with van der Waals surface area (Å²) < 4.78 is 1.91. The Morgan fingerprint density at radius 3 is 2.56 bits per heavy atom. The lowest BCUT2D eigenvalue weighted by Crippen LogP contribution is -2.11. The molecule has 0 radical (unpaired) electrons. The summed E-state index contributed by atoms with van der Waals surface area (Å²) in [6, 6.07) is 7.73. The zero-order valence-corrected chi connectivity index (χ0v) is 11.1. The van der Waals surface area contributed by atoms with E-state index in [0.717, 1.165) is 22.6 Å². The van der Waals surface area contributed by atoms with Gasteiger partial charge >= 0.3 is 0 Å². The Hall–Kier alpha value is -2.10. The fourth-order valence-electron chi connectivity index (χ4n) is 2.19. The largest absolute Gasteiger partial charge is 0.319 e. The Bertz CT molecular complexity index is 753. The number of hydrogen-bond acceptors (Lipinski definition) is 2. The maximum absolute atomic E-state index is 11.9. The molecular weight excluding hydrogens is 226 g/mol. The van der Waals surface area contributed by atoms with Crippen LogP contribution < -0.4 is 5.56 Å². The summed E-state index contributed by atoms with van der Waals surface area (Å²) in [5.41, 5.74) is 3.13. The molecular formula is C14H17N3O.